The van der Waals surface area contributed by atoms with E-state index in [2.05, 4.69) is 95.9 Å². The molecule has 4 aromatic carbocycles. The van der Waals surface area contributed by atoms with Crippen molar-refractivity contribution in [3.8, 4) is 0 Å². The number of ether oxygens (including phenoxy) is 1. The van der Waals surface area contributed by atoms with Gasteiger partial charge in [0.25, 0.3) is 0 Å². The molecule has 2 unspecified atom stereocenters. The van der Waals surface area contributed by atoms with E-state index in [1.165, 1.54) is 34.5 Å². The lowest BCUT2D eigenvalue weighted by atomic mass is 9.73. The van der Waals surface area contributed by atoms with Crippen molar-refractivity contribution >= 4 is 5.71 Å². The number of fused-ring (bicyclic) bond motifs is 1. The van der Waals surface area contributed by atoms with Crippen LogP contribution < -0.4 is 0 Å². The second-order valence-corrected chi connectivity index (χ2v) is 10.9. The normalized spacial score (nSPS) is 19.5. The maximum atomic E-state index is 13.1. The van der Waals surface area contributed by atoms with Gasteiger partial charge in [-0.25, -0.2) is 0 Å². The Morgan fingerprint density at radius 3 is 1.85 bits per heavy atom. The zero-order valence-electron chi connectivity index (χ0n) is 22.8. The van der Waals surface area contributed by atoms with Crippen LogP contribution in [0, 0.1) is 5.92 Å². The zero-order valence-corrected chi connectivity index (χ0v) is 22.8. The van der Waals surface area contributed by atoms with Gasteiger partial charge in [-0.3, -0.25) is 9.89 Å². The van der Waals surface area contributed by atoms with Crippen molar-refractivity contribution in [1.82, 2.24) is 4.90 Å². The molecule has 2 atom stereocenters. The van der Waals surface area contributed by atoms with E-state index in [1.54, 1.807) is 6.07 Å². The van der Waals surface area contributed by atoms with Crippen LogP contribution in [0.1, 0.15) is 47.1 Å². The SMILES string of the molecule is FC(F)(F)c1cccc(COCC2CCC3=NCN(C(c4ccccc4)(c4ccccc4)c4ccccc4)C3C2)c1. The fourth-order valence-corrected chi connectivity index (χ4v) is 6.55. The van der Waals surface area contributed by atoms with Crippen molar-refractivity contribution < 1.29 is 17.9 Å². The summed E-state index contributed by atoms with van der Waals surface area (Å²) in [6.07, 6.45) is -1.62. The van der Waals surface area contributed by atoms with Crippen LogP contribution in [0.4, 0.5) is 13.2 Å². The Balaban J connectivity index is 1.28. The summed E-state index contributed by atoms with van der Waals surface area (Å²) in [6.45, 7) is 1.26. The van der Waals surface area contributed by atoms with E-state index >= 15 is 0 Å². The number of benzene rings is 4. The summed E-state index contributed by atoms with van der Waals surface area (Å²) in [5.74, 6) is 0.283. The van der Waals surface area contributed by atoms with Gasteiger partial charge >= 0.3 is 6.18 Å². The summed E-state index contributed by atoms with van der Waals surface area (Å²) in [4.78, 5) is 7.61. The summed E-state index contributed by atoms with van der Waals surface area (Å²) in [5, 5.41) is 0. The number of halogens is 3. The quantitative estimate of drug-likeness (QED) is 0.206. The molecule has 6 heteroatoms. The van der Waals surface area contributed by atoms with Crippen molar-refractivity contribution in [2.75, 3.05) is 13.3 Å². The number of nitrogens with zero attached hydrogens (tertiary/aromatic N) is 2. The predicted octanol–water partition coefficient (Wildman–Crippen LogP) is 8.10. The molecule has 0 radical (unpaired) electrons. The van der Waals surface area contributed by atoms with Crippen LogP contribution in [-0.2, 0) is 23.1 Å². The van der Waals surface area contributed by atoms with Gasteiger partial charge in [-0.2, -0.15) is 13.2 Å². The first kappa shape index (κ1) is 27.4. The van der Waals surface area contributed by atoms with E-state index in [-0.39, 0.29) is 18.6 Å². The molecule has 1 aliphatic carbocycles. The molecule has 0 spiro atoms. The van der Waals surface area contributed by atoms with Crippen LogP contribution in [0.15, 0.2) is 120 Å². The second kappa shape index (κ2) is 11.6. The Kier molecular flexibility index (Phi) is 7.78. The molecule has 0 bridgehead atoms. The van der Waals surface area contributed by atoms with E-state index in [0.29, 0.717) is 18.8 Å². The van der Waals surface area contributed by atoms with E-state index in [4.69, 9.17) is 9.73 Å². The standard InChI is InChI=1S/C35H33F3N2O/c36-35(37,38)31-18-10-11-26(21-31)23-41-24-27-19-20-32-33(22-27)40(25-39-32)34(28-12-4-1-5-13-28,29-14-6-2-7-15-29)30-16-8-3-9-17-30/h1-18,21,27,33H,19-20,22-25H2. The van der Waals surface area contributed by atoms with Gasteiger partial charge in [0.1, 0.15) is 0 Å². The summed E-state index contributed by atoms with van der Waals surface area (Å²) in [6, 6.07) is 37.5. The van der Waals surface area contributed by atoms with Gasteiger partial charge in [0.15, 0.2) is 0 Å². The maximum absolute atomic E-state index is 13.1. The molecule has 1 aliphatic heterocycles. The molecular weight excluding hydrogens is 521 g/mol. The summed E-state index contributed by atoms with van der Waals surface area (Å²) >= 11 is 0. The smallest absolute Gasteiger partial charge is 0.376 e. The van der Waals surface area contributed by atoms with Crippen LogP contribution >= 0.6 is 0 Å². The first-order valence-corrected chi connectivity index (χ1v) is 14.2. The molecule has 1 fully saturated rings. The average Bonchev–Trinajstić information content (AvgIpc) is 3.43. The molecular formula is C35H33F3N2O. The lowest BCUT2D eigenvalue weighted by molar-refractivity contribution is -0.137. The third kappa shape index (κ3) is 5.46. The average molecular weight is 555 g/mol. The second-order valence-electron chi connectivity index (χ2n) is 10.9. The minimum Gasteiger partial charge on any atom is -0.376 e. The fourth-order valence-electron chi connectivity index (χ4n) is 6.55. The van der Waals surface area contributed by atoms with E-state index in [0.717, 1.165) is 25.3 Å². The highest BCUT2D eigenvalue weighted by molar-refractivity contribution is 5.92. The molecule has 0 amide bonds. The number of hydrogen-bond donors (Lipinski definition) is 0. The van der Waals surface area contributed by atoms with Gasteiger partial charge in [-0.15, -0.1) is 0 Å². The van der Waals surface area contributed by atoms with Gasteiger partial charge in [-0.05, 0) is 59.6 Å². The topological polar surface area (TPSA) is 24.8 Å². The molecule has 1 saturated carbocycles. The molecule has 0 aromatic heterocycles. The van der Waals surface area contributed by atoms with Crippen LogP contribution in [0.3, 0.4) is 0 Å². The molecule has 1 heterocycles. The lowest BCUT2D eigenvalue weighted by Gasteiger charge is -2.47. The van der Waals surface area contributed by atoms with E-state index < -0.39 is 17.3 Å². The number of hydrogen-bond acceptors (Lipinski definition) is 3. The maximum Gasteiger partial charge on any atom is 0.416 e. The Labute approximate surface area is 239 Å². The third-order valence-corrected chi connectivity index (χ3v) is 8.43. The summed E-state index contributed by atoms with van der Waals surface area (Å²) < 4.78 is 45.5. The molecule has 0 N–H and O–H groups in total. The fraction of sp³-hybridized carbons (Fsp3) is 0.286. The number of alkyl halides is 3. The van der Waals surface area contributed by atoms with Crippen LogP contribution in [0.25, 0.3) is 0 Å². The predicted molar refractivity (Wildman–Crippen MR) is 156 cm³/mol. The van der Waals surface area contributed by atoms with Gasteiger partial charge in [0.2, 0.25) is 0 Å². The molecule has 210 valence electrons. The number of aliphatic imine (C=N–C) groups is 1. The number of rotatable bonds is 8. The molecule has 3 nitrogen and oxygen atoms in total. The van der Waals surface area contributed by atoms with E-state index in [1.807, 2.05) is 0 Å². The van der Waals surface area contributed by atoms with E-state index in [9.17, 15) is 13.2 Å². The molecule has 41 heavy (non-hydrogen) atoms. The largest absolute Gasteiger partial charge is 0.416 e. The van der Waals surface area contributed by atoms with Gasteiger partial charge < -0.3 is 4.74 Å². The first-order valence-electron chi connectivity index (χ1n) is 14.2. The van der Waals surface area contributed by atoms with Crippen molar-refractivity contribution in [1.29, 1.82) is 0 Å². The summed E-state index contributed by atoms with van der Waals surface area (Å²) in [7, 11) is 0. The molecule has 2 aliphatic rings. The minimum absolute atomic E-state index is 0.131. The monoisotopic (exact) mass is 554 g/mol. The summed E-state index contributed by atoms with van der Waals surface area (Å²) in [5.41, 5.74) is 4.16. The van der Waals surface area contributed by atoms with Crippen molar-refractivity contribution in [3.05, 3.63) is 143 Å². The van der Waals surface area contributed by atoms with Crippen molar-refractivity contribution in [2.24, 2.45) is 10.9 Å². The zero-order chi connectivity index (χ0) is 28.3. The van der Waals surface area contributed by atoms with Crippen LogP contribution in [0.5, 0.6) is 0 Å². The Hall–Kier alpha value is -3.74. The highest BCUT2D eigenvalue weighted by atomic mass is 19.4. The molecule has 6 rings (SSSR count). The Morgan fingerprint density at radius 2 is 1.29 bits per heavy atom. The minimum atomic E-state index is -4.36. The van der Waals surface area contributed by atoms with Crippen molar-refractivity contribution in [3.63, 3.8) is 0 Å². The first-order chi connectivity index (χ1) is 20.0. The highest BCUT2D eigenvalue weighted by Gasteiger charge is 2.49. The Morgan fingerprint density at radius 1 is 0.732 bits per heavy atom. The van der Waals surface area contributed by atoms with Crippen molar-refractivity contribution in [2.45, 2.75) is 43.6 Å². The molecule has 0 saturated heterocycles. The van der Waals surface area contributed by atoms with Gasteiger partial charge in [0, 0.05) is 12.3 Å². The van der Waals surface area contributed by atoms with Gasteiger partial charge in [-0.1, -0.05) is 103 Å². The lowest BCUT2D eigenvalue weighted by Crippen LogP contribution is -2.54. The van der Waals surface area contributed by atoms with Gasteiger partial charge in [0.05, 0.1) is 30.4 Å². The Bertz CT molecular complexity index is 1380. The van der Waals surface area contributed by atoms with Crippen LogP contribution in [0.2, 0.25) is 0 Å². The molecule has 4 aromatic rings. The van der Waals surface area contributed by atoms with Crippen LogP contribution in [-0.4, -0.2) is 29.9 Å². The highest BCUT2D eigenvalue weighted by Crippen LogP contribution is 2.47. The third-order valence-electron chi connectivity index (χ3n) is 8.43.